The van der Waals surface area contributed by atoms with E-state index < -0.39 is 12.1 Å². The van der Waals surface area contributed by atoms with Gasteiger partial charge in [-0.1, -0.05) is 53.5 Å². The molecule has 0 unspecified atom stereocenters. The normalized spacial score (nSPS) is 15.4. The van der Waals surface area contributed by atoms with E-state index in [1.165, 1.54) is 18.2 Å². The van der Waals surface area contributed by atoms with Crippen molar-refractivity contribution in [3.63, 3.8) is 0 Å². The molecule has 1 aliphatic heterocycles. The van der Waals surface area contributed by atoms with Crippen molar-refractivity contribution >= 4 is 35.1 Å². The first-order chi connectivity index (χ1) is 12.6. The molecule has 3 rings (SSSR count). The molecule has 0 aliphatic carbocycles. The predicted molar refractivity (Wildman–Crippen MR) is 101 cm³/mol. The van der Waals surface area contributed by atoms with E-state index in [1.807, 2.05) is 18.2 Å². The van der Waals surface area contributed by atoms with Crippen molar-refractivity contribution in [3.05, 3.63) is 69.7 Å². The number of carbonyl (C=O) groups is 2. The topological polar surface area (TPSA) is 46.6 Å². The van der Waals surface area contributed by atoms with Crippen molar-refractivity contribution in [1.29, 1.82) is 0 Å². The Morgan fingerprint density at radius 3 is 2.27 bits per heavy atom. The van der Waals surface area contributed by atoms with Gasteiger partial charge in [0.05, 0.1) is 15.6 Å². The van der Waals surface area contributed by atoms with E-state index in [9.17, 15) is 9.59 Å². The average molecular weight is 392 g/mol. The maximum Gasteiger partial charge on any atom is 0.339 e. The zero-order chi connectivity index (χ0) is 18.5. The third-order valence-corrected chi connectivity index (χ3v) is 5.11. The Hall–Kier alpha value is -2.04. The van der Waals surface area contributed by atoms with Gasteiger partial charge in [-0.3, -0.25) is 4.79 Å². The number of amides is 1. The minimum Gasteiger partial charge on any atom is -0.444 e. The Balaban J connectivity index is 1.84. The van der Waals surface area contributed by atoms with Crippen LogP contribution in [0.5, 0.6) is 0 Å². The zero-order valence-corrected chi connectivity index (χ0v) is 15.7. The SMILES string of the molecule is O=C(O[C@H](C(=O)N1CCCCC1)c1ccccc1)c1ccc(Cl)c(Cl)c1. The number of ether oxygens (including phenoxy) is 1. The third-order valence-electron chi connectivity index (χ3n) is 4.37. The fourth-order valence-corrected chi connectivity index (χ4v) is 3.27. The van der Waals surface area contributed by atoms with Gasteiger partial charge in [0.2, 0.25) is 6.10 Å². The van der Waals surface area contributed by atoms with Crippen LogP contribution in [0.25, 0.3) is 0 Å². The standard InChI is InChI=1S/C20H19Cl2NO3/c21-16-10-9-15(13-17(16)22)20(25)26-18(14-7-3-1-4-8-14)19(24)23-11-5-2-6-12-23/h1,3-4,7-10,13,18H,2,5-6,11-12H2/t18-/m0/s1. The summed E-state index contributed by atoms with van der Waals surface area (Å²) < 4.78 is 5.60. The molecule has 2 aromatic carbocycles. The lowest BCUT2D eigenvalue weighted by molar-refractivity contribution is -0.142. The van der Waals surface area contributed by atoms with Gasteiger partial charge in [-0.2, -0.15) is 0 Å². The van der Waals surface area contributed by atoms with Gasteiger partial charge in [0.1, 0.15) is 0 Å². The second-order valence-corrected chi connectivity index (χ2v) is 7.03. The quantitative estimate of drug-likeness (QED) is 0.695. The lowest BCUT2D eigenvalue weighted by Crippen LogP contribution is -2.40. The van der Waals surface area contributed by atoms with Crippen LogP contribution in [0.4, 0.5) is 0 Å². The van der Waals surface area contributed by atoms with Gasteiger partial charge in [0, 0.05) is 18.7 Å². The summed E-state index contributed by atoms with van der Waals surface area (Å²) in [6, 6.07) is 13.6. The molecular weight excluding hydrogens is 373 g/mol. The maximum atomic E-state index is 13.0. The zero-order valence-electron chi connectivity index (χ0n) is 14.2. The molecule has 0 aromatic heterocycles. The summed E-state index contributed by atoms with van der Waals surface area (Å²) in [5.74, 6) is -0.799. The maximum absolute atomic E-state index is 13.0. The molecule has 4 nitrogen and oxygen atoms in total. The number of nitrogens with zero attached hydrogens (tertiary/aromatic N) is 1. The van der Waals surface area contributed by atoms with Crippen molar-refractivity contribution in [3.8, 4) is 0 Å². The molecule has 1 fully saturated rings. The van der Waals surface area contributed by atoms with Crippen LogP contribution in [0.2, 0.25) is 10.0 Å². The highest BCUT2D eigenvalue weighted by atomic mass is 35.5. The van der Waals surface area contributed by atoms with Gasteiger partial charge in [0.25, 0.3) is 5.91 Å². The molecule has 1 saturated heterocycles. The van der Waals surface area contributed by atoms with Gasteiger partial charge in [-0.15, -0.1) is 0 Å². The van der Waals surface area contributed by atoms with E-state index in [-0.39, 0.29) is 16.5 Å². The number of esters is 1. The van der Waals surface area contributed by atoms with Crippen molar-refractivity contribution in [2.24, 2.45) is 0 Å². The summed E-state index contributed by atoms with van der Waals surface area (Å²) in [7, 11) is 0. The fraction of sp³-hybridized carbons (Fsp3) is 0.300. The van der Waals surface area contributed by atoms with E-state index in [4.69, 9.17) is 27.9 Å². The second-order valence-electron chi connectivity index (χ2n) is 6.21. The van der Waals surface area contributed by atoms with E-state index in [1.54, 1.807) is 17.0 Å². The molecule has 0 bridgehead atoms. The Bertz CT molecular complexity index is 789. The molecule has 26 heavy (non-hydrogen) atoms. The molecule has 1 heterocycles. The number of hydrogen-bond donors (Lipinski definition) is 0. The van der Waals surface area contributed by atoms with Crippen molar-refractivity contribution in [2.45, 2.75) is 25.4 Å². The predicted octanol–water partition coefficient (Wildman–Crippen LogP) is 4.90. The van der Waals surface area contributed by atoms with E-state index >= 15 is 0 Å². The van der Waals surface area contributed by atoms with Crippen LogP contribution in [-0.2, 0) is 9.53 Å². The Morgan fingerprint density at radius 2 is 1.62 bits per heavy atom. The number of hydrogen-bond acceptors (Lipinski definition) is 3. The van der Waals surface area contributed by atoms with Crippen LogP contribution in [0.3, 0.4) is 0 Å². The van der Waals surface area contributed by atoms with Crippen LogP contribution in [0.1, 0.15) is 41.3 Å². The molecule has 1 aliphatic rings. The van der Waals surface area contributed by atoms with Crippen LogP contribution in [0, 0.1) is 0 Å². The first kappa shape index (κ1) is 18.7. The Kier molecular flexibility index (Phi) is 6.17. The highest BCUT2D eigenvalue weighted by Crippen LogP contribution is 2.26. The highest BCUT2D eigenvalue weighted by molar-refractivity contribution is 6.42. The first-order valence-corrected chi connectivity index (χ1v) is 9.31. The highest BCUT2D eigenvalue weighted by Gasteiger charge is 2.30. The van der Waals surface area contributed by atoms with Gasteiger partial charge in [0.15, 0.2) is 0 Å². The molecular formula is C20H19Cl2NO3. The van der Waals surface area contributed by atoms with Crippen molar-refractivity contribution < 1.29 is 14.3 Å². The molecule has 0 spiro atoms. The van der Waals surface area contributed by atoms with E-state index in [0.717, 1.165) is 19.3 Å². The van der Waals surface area contributed by atoms with Gasteiger partial charge < -0.3 is 9.64 Å². The van der Waals surface area contributed by atoms with Crippen LogP contribution < -0.4 is 0 Å². The van der Waals surface area contributed by atoms with Crippen molar-refractivity contribution in [1.82, 2.24) is 4.90 Å². The second kappa shape index (κ2) is 8.56. The van der Waals surface area contributed by atoms with Gasteiger partial charge >= 0.3 is 5.97 Å². The smallest absolute Gasteiger partial charge is 0.339 e. The van der Waals surface area contributed by atoms with Crippen LogP contribution in [-0.4, -0.2) is 29.9 Å². The molecule has 6 heteroatoms. The molecule has 0 radical (unpaired) electrons. The number of benzene rings is 2. The fourth-order valence-electron chi connectivity index (χ4n) is 2.97. The minimum absolute atomic E-state index is 0.190. The number of piperidine rings is 1. The monoisotopic (exact) mass is 391 g/mol. The lowest BCUT2D eigenvalue weighted by Gasteiger charge is -2.30. The molecule has 0 saturated carbocycles. The third kappa shape index (κ3) is 4.37. The number of likely N-dealkylation sites (tertiary alicyclic amines) is 1. The number of halogens is 2. The van der Waals surface area contributed by atoms with E-state index in [0.29, 0.717) is 23.7 Å². The molecule has 136 valence electrons. The van der Waals surface area contributed by atoms with Crippen molar-refractivity contribution in [2.75, 3.05) is 13.1 Å². The van der Waals surface area contributed by atoms with Gasteiger partial charge in [-0.25, -0.2) is 4.79 Å². The lowest BCUT2D eigenvalue weighted by atomic mass is 10.1. The first-order valence-electron chi connectivity index (χ1n) is 8.56. The summed E-state index contributed by atoms with van der Waals surface area (Å²) in [6.45, 7) is 1.37. The summed E-state index contributed by atoms with van der Waals surface area (Å²) in [4.78, 5) is 27.3. The molecule has 1 atom stereocenters. The van der Waals surface area contributed by atoms with Gasteiger partial charge in [-0.05, 0) is 37.5 Å². The summed E-state index contributed by atoms with van der Waals surface area (Å²) in [5.41, 5.74) is 0.906. The number of rotatable bonds is 4. The van der Waals surface area contributed by atoms with Crippen LogP contribution >= 0.6 is 23.2 Å². The number of carbonyl (C=O) groups excluding carboxylic acids is 2. The summed E-state index contributed by atoms with van der Waals surface area (Å²) >= 11 is 11.9. The summed E-state index contributed by atoms with van der Waals surface area (Å²) in [5, 5.41) is 0.618. The molecule has 2 aromatic rings. The minimum atomic E-state index is -0.976. The molecule has 0 N–H and O–H groups in total. The largest absolute Gasteiger partial charge is 0.444 e. The molecule has 1 amide bonds. The average Bonchev–Trinajstić information content (AvgIpc) is 2.69. The summed E-state index contributed by atoms with van der Waals surface area (Å²) in [6.07, 6.45) is 2.07. The van der Waals surface area contributed by atoms with E-state index in [2.05, 4.69) is 0 Å². The van der Waals surface area contributed by atoms with Crippen LogP contribution in [0.15, 0.2) is 48.5 Å². The Labute approximate surface area is 162 Å². The Morgan fingerprint density at radius 1 is 0.923 bits per heavy atom.